The minimum atomic E-state index is -0.710. The van der Waals surface area contributed by atoms with Crippen LogP contribution in [0.25, 0.3) is 0 Å². The Labute approximate surface area is 145 Å². The Hall–Kier alpha value is -1.68. The van der Waals surface area contributed by atoms with Gasteiger partial charge in [-0.25, -0.2) is 5.43 Å². The number of halogens is 2. The second kappa shape index (κ2) is 7.54. The first kappa shape index (κ1) is 16.7. The van der Waals surface area contributed by atoms with Crippen LogP contribution in [-0.4, -0.2) is 23.3 Å². The van der Waals surface area contributed by atoms with Crippen molar-refractivity contribution in [1.82, 2.24) is 5.43 Å². The van der Waals surface area contributed by atoms with Gasteiger partial charge in [-0.05, 0) is 62.6 Å². The summed E-state index contributed by atoms with van der Waals surface area (Å²) in [6.45, 7) is 0. The molecule has 0 aliphatic heterocycles. The lowest BCUT2D eigenvalue weighted by Crippen LogP contribution is -2.20. The number of carbonyl (C=O) groups excluding carboxylic acids is 1. The number of hydrogen-bond acceptors (Lipinski definition) is 3. The van der Waals surface area contributed by atoms with E-state index in [9.17, 15) is 9.90 Å². The number of nitrogens with zero attached hydrogens (tertiary/aromatic N) is 1. The first-order valence-corrected chi connectivity index (χ1v) is 7.95. The van der Waals surface area contributed by atoms with Crippen LogP contribution in [0, 0.1) is 12.3 Å². The van der Waals surface area contributed by atoms with Crippen LogP contribution in [-0.2, 0) is 0 Å². The summed E-state index contributed by atoms with van der Waals surface area (Å²) < 4.78 is 1.63. The molecule has 1 unspecified atom stereocenters. The van der Waals surface area contributed by atoms with Gasteiger partial charge in [-0.2, -0.15) is 5.10 Å². The van der Waals surface area contributed by atoms with E-state index >= 15 is 0 Å². The molecule has 2 N–H and O–H groups in total. The van der Waals surface area contributed by atoms with Crippen molar-refractivity contribution in [3.05, 3.63) is 56.0 Å². The number of amides is 1. The van der Waals surface area contributed by atoms with Gasteiger partial charge >= 0.3 is 0 Å². The number of allylic oxidation sites excluding steroid dienone is 2. The smallest absolute Gasteiger partial charge is 0.271 e. The molecule has 1 amide bonds. The Balaban J connectivity index is 2.10. The molecule has 0 fully saturated rings. The third kappa shape index (κ3) is 3.95. The Morgan fingerprint density at radius 3 is 2.91 bits per heavy atom. The highest BCUT2D eigenvalue weighted by Crippen LogP contribution is 2.23. The molecule has 1 aromatic carbocycles. The van der Waals surface area contributed by atoms with Crippen LogP contribution in [0.5, 0.6) is 0 Å². The average molecular weight is 424 g/mol. The van der Waals surface area contributed by atoms with E-state index in [0.29, 0.717) is 23.1 Å². The van der Waals surface area contributed by atoms with Crippen LogP contribution < -0.4 is 5.43 Å². The van der Waals surface area contributed by atoms with E-state index < -0.39 is 6.10 Å². The summed E-state index contributed by atoms with van der Waals surface area (Å²) in [5.74, 6) is 2.13. The zero-order valence-electron chi connectivity index (χ0n) is 11.4. The van der Waals surface area contributed by atoms with Gasteiger partial charge in [0.25, 0.3) is 5.91 Å². The fraction of sp³-hybridized carbons (Fsp3) is 0.125. The van der Waals surface area contributed by atoms with E-state index in [-0.39, 0.29) is 5.91 Å². The average Bonchev–Trinajstić information content (AvgIpc) is 2.51. The minimum absolute atomic E-state index is 0.354. The van der Waals surface area contributed by atoms with E-state index in [1.165, 1.54) is 6.21 Å². The highest BCUT2D eigenvalue weighted by atomic mass is 79.9. The fourth-order valence-electron chi connectivity index (χ4n) is 1.87. The number of hydrazone groups is 1. The predicted octanol–water partition coefficient (Wildman–Crippen LogP) is 3.18. The Kier molecular flexibility index (Phi) is 5.72. The molecule has 0 radical (unpaired) electrons. The second-order valence-corrected chi connectivity index (χ2v) is 6.20. The number of nitrogens with one attached hydrogen (secondary N) is 1. The van der Waals surface area contributed by atoms with Crippen molar-refractivity contribution >= 4 is 44.0 Å². The number of hydrogen-bond donors (Lipinski definition) is 2. The molecular weight excluding hydrogens is 412 g/mol. The van der Waals surface area contributed by atoms with Crippen molar-refractivity contribution in [2.24, 2.45) is 5.10 Å². The molecule has 0 saturated carbocycles. The largest absolute Gasteiger partial charge is 0.388 e. The van der Waals surface area contributed by atoms with E-state index in [2.05, 4.69) is 48.3 Å². The maximum absolute atomic E-state index is 12.0. The Bertz CT molecular complexity index is 730. The van der Waals surface area contributed by atoms with Gasteiger partial charge in [0, 0.05) is 25.7 Å². The SMILES string of the molecule is C#CC1=C(/C=N/NC(=O)c2ccc(Br)c(Br)c2)C(O)CC=C1. The third-order valence-electron chi connectivity index (χ3n) is 3.02. The molecule has 0 spiro atoms. The van der Waals surface area contributed by atoms with E-state index in [4.69, 9.17) is 6.42 Å². The maximum Gasteiger partial charge on any atom is 0.271 e. The lowest BCUT2D eigenvalue weighted by Gasteiger charge is -2.14. The lowest BCUT2D eigenvalue weighted by atomic mass is 9.96. The molecule has 0 bridgehead atoms. The molecule has 1 aliphatic carbocycles. The Morgan fingerprint density at radius 1 is 1.45 bits per heavy atom. The van der Waals surface area contributed by atoms with E-state index in [0.717, 1.165) is 8.95 Å². The van der Waals surface area contributed by atoms with Gasteiger partial charge in [0.2, 0.25) is 0 Å². The van der Waals surface area contributed by atoms with Gasteiger partial charge in [-0.15, -0.1) is 6.42 Å². The molecule has 4 nitrogen and oxygen atoms in total. The summed E-state index contributed by atoms with van der Waals surface area (Å²) in [5, 5.41) is 13.8. The summed E-state index contributed by atoms with van der Waals surface area (Å²) >= 11 is 6.67. The standard InChI is InChI=1S/C16H12Br2N2O2/c1-2-10-4-3-5-15(21)12(10)9-19-20-16(22)11-6-7-13(17)14(18)8-11/h1,3-4,6-9,15,21H,5H2,(H,20,22)/b19-9+. The monoisotopic (exact) mass is 422 g/mol. The van der Waals surface area contributed by atoms with Crippen LogP contribution in [0.2, 0.25) is 0 Å². The molecule has 1 aliphatic rings. The number of carbonyl (C=O) groups is 1. The van der Waals surface area contributed by atoms with Gasteiger partial charge in [-0.1, -0.05) is 12.0 Å². The topological polar surface area (TPSA) is 61.7 Å². The van der Waals surface area contributed by atoms with Crippen LogP contribution in [0.3, 0.4) is 0 Å². The fourth-order valence-corrected chi connectivity index (χ4v) is 2.49. The van der Waals surface area contributed by atoms with E-state index in [1.807, 2.05) is 0 Å². The van der Waals surface area contributed by atoms with Gasteiger partial charge in [0.15, 0.2) is 0 Å². The third-order valence-corrected chi connectivity index (χ3v) is 4.90. The summed E-state index contributed by atoms with van der Waals surface area (Å²) in [6.07, 6.45) is 10.1. The van der Waals surface area contributed by atoms with Crippen molar-refractivity contribution in [2.45, 2.75) is 12.5 Å². The summed E-state index contributed by atoms with van der Waals surface area (Å²) in [6, 6.07) is 5.11. The van der Waals surface area contributed by atoms with Gasteiger partial charge in [0.1, 0.15) is 0 Å². The number of terminal acetylenes is 1. The normalized spacial score (nSPS) is 17.6. The Morgan fingerprint density at radius 2 is 2.23 bits per heavy atom. The van der Waals surface area contributed by atoms with Crippen molar-refractivity contribution in [1.29, 1.82) is 0 Å². The van der Waals surface area contributed by atoms with Crippen molar-refractivity contribution in [3.63, 3.8) is 0 Å². The lowest BCUT2D eigenvalue weighted by molar-refractivity contribution is 0.0955. The first-order chi connectivity index (χ1) is 10.5. The maximum atomic E-state index is 12.0. The van der Waals surface area contributed by atoms with Crippen LogP contribution >= 0.6 is 31.9 Å². The second-order valence-electron chi connectivity index (χ2n) is 4.50. The van der Waals surface area contributed by atoms with Gasteiger partial charge in [-0.3, -0.25) is 4.79 Å². The molecule has 1 aromatic rings. The number of benzene rings is 1. The number of aliphatic hydroxyl groups excluding tert-OH is 1. The molecule has 1 atom stereocenters. The zero-order chi connectivity index (χ0) is 16.1. The molecule has 22 heavy (non-hydrogen) atoms. The molecule has 0 aromatic heterocycles. The van der Waals surface area contributed by atoms with Gasteiger partial charge in [0.05, 0.1) is 12.3 Å². The quantitative estimate of drug-likeness (QED) is 0.445. The summed E-state index contributed by atoms with van der Waals surface area (Å²) in [5.41, 5.74) is 3.95. The molecule has 112 valence electrons. The van der Waals surface area contributed by atoms with Crippen LogP contribution in [0.15, 0.2) is 55.5 Å². The first-order valence-electron chi connectivity index (χ1n) is 6.36. The van der Waals surface area contributed by atoms with Crippen molar-refractivity contribution in [2.75, 3.05) is 0 Å². The highest BCUT2D eigenvalue weighted by Gasteiger charge is 2.15. The van der Waals surface area contributed by atoms with Gasteiger partial charge < -0.3 is 5.11 Å². The van der Waals surface area contributed by atoms with Crippen LogP contribution in [0.1, 0.15) is 16.8 Å². The number of aliphatic hydroxyl groups is 1. The molecule has 6 heteroatoms. The number of rotatable bonds is 3. The summed E-state index contributed by atoms with van der Waals surface area (Å²) in [4.78, 5) is 12.0. The summed E-state index contributed by atoms with van der Waals surface area (Å²) in [7, 11) is 0. The molecule has 0 saturated heterocycles. The van der Waals surface area contributed by atoms with Crippen LogP contribution in [0.4, 0.5) is 0 Å². The minimum Gasteiger partial charge on any atom is -0.388 e. The van der Waals surface area contributed by atoms with E-state index in [1.54, 1.807) is 30.4 Å². The predicted molar refractivity (Wildman–Crippen MR) is 93.4 cm³/mol. The highest BCUT2D eigenvalue weighted by molar-refractivity contribution is 9.13. The zero-order valence-corrected chi connectivity index (χ0v) is 14.6. The van der Waals surface area contributed by atoms with Crippen molar-refractivity contribution in [3.8, 4) is 12.3 Å². The van der Waals surface area contributed by atoms with Crippen molar-refractivity contribution < 1.29 is 9.90 Å². The molecule has 2 rings (SSSR count). The molecule has 0 heterocycles. The molecular formula is C16H12Br2N2O2.